The molecule has 0 amide bonds. The number of rotatable bonds is 2. The van der Waals surface area contributed by atoms with Crippen LogP contribution in [0.4, 0.5) is 4.39 Å². The highest BCUT2D eigenvalue weighted by Gasteiger charge is 2.42. The van der Waals surface area contributed by atoms with Gasteiger partial charge in [-0.25, -0.2) is 9.37 Å². The van der Waals surface area contributed by atoms with Crippen molar-refractivity contribution in [2.45, 2.75) is 37.9 Å². The fourth-order valence-corrected chi connectivity index (χ4v) is 2.11. The summed E-state index contributed by atoms with van der Waals surface area (Å²) >= 11 is 1.36. The Hall–Kier alpha value is -0.480. The van der Waals surface area contributed by atoms with Crippen molar-refractivity contribution >= 4 is 11.3 Å². The van der Waals surface area contributed by atoms with Crippen molar-refractivity contribution in [3.8, 4) is 0 Å². The summed E-state index contributed by atoms with van der Waals surface area (Å²) in [6.07, 6.45) is 1.95. The molecule has 1 aromatic rings. The molecule has 0 aromatic carbocycles. The van der Waals surface area contributed by atoms with Gasteiger partial charge in [0.1, 0.15) is 5.01 Å². The van der Waals surface area contributed by atoms with Gasteiger partial charge >= 0.3 is 0 Å². The summed E-state index contributed by atoms with van der Waals surface area (Å²) in [7, 11) is 0. The van der Waals surface area contributed by atoms with Gasteiger partial charge in [0.15, 0.2) is 5.67 Å². The van der Waals surface area contributed by atoms with Gasteiger partial charge in [0.25, 0.3) is 0 Å². The fourth-order valence-electron chi connectivity index (χ4n) is 1.17. The van der Waals surface area contributed by atoms with Crippen LogP contribution in [0, 0.1) is 0 Å². The van der Waals surface area contributed by atoms with Crippen LogP contribution in [0.1, 0.15) is 37.4 Å². The Bertz CT molecular complexity index is 303. The van der Waals surface area contributed by atoms with E-state index in [1.54, 1.807) is 0 Å². The van der Waals surface area contributed by atoms with Gasteiger partial charge in [-0.2, -0.15) is 0 Å². The fraction of sp³-hybridized carbons (Fsp3) is 0.667. The van der Waals surface area contributed by atoms with Crippen LogP contribution in [-0.4, -0.2) is 4.98 Å². The van der Waals surface area contributed by atoms with Crippen molar-refractivity contribution in [2.75, 3.05) is 0 Å². The van der Waals surface area contributed by atoms with E-state index in [2.05, 4.69) is 4.98 Å². The molecular formula is C9H13FN2S. The predicted molar refractivity (Wildman–Crippen MR) is 51.3 cm³/mol. The molecule has 2 rings (SSSR count). The maximum absolute atomic E-state index is 13.5. The number of hydrogen-bond acceptors (Lipinski definition) is 3. The van der Waals surface area contributed by atoms with Crippen LogP contribution in [0.5, 0.6) is 0 Å². The molecular weight excluding hydrogens is 187 g/mol. The molecule has 2 N–H and O–H groups in total. The highest BCUT2D eigenvalue weighted by atomic mass is 32.1. The highest BCUT2D eigenvalue weighted by Crippen LogP contribution is 2.43. The number of halogens is 1. The first kappa shape index (κ1) is 9.09. The van der Waals surface area contributed by atoms with Crippen molar-refractivity contribution < 1.29 is 4.39 Å². The van der Waals surface area contributed by atoms with Gasteiger partial charge in [-0.05, 0) is 26.7 Å². The molecule has 0 bridgehead atoms. The Kier molecular flexibility index (Phi) is 1.76. The summed E-state index contributed by atoms with van der Waals surface area (Å²) in [5, 5.41) is 2.41. The highest BCUT2D eigenvalue weighted by molar-refractivity contribution is 7.09. The van der Waals surface area contributed by atoms with E-state index in [9.17, 15) is 4.39 Å². The lowest BCUT2D eigenvalue weighted by Crippen LogP contribution is -2.20. The Balaban J connectivity index is 2.29. The number of thiazole rings is 1. The molecule has 1 fully saturated rings. The van der Waals surface area contributed by atoms with Crippen LogP contribution in [0.2, 0.25) is 0 Å². The third-order valence-corrected chi connectivity index (χ3v) is 3.45. The van der Waals surface area contributed by atoms with E-state index < -0.39 is 5.67 Å². The van der Waals surface area contributed by atoms with E-state index in [0.717, 1.165) is 18.5 Å². The van der Waals surface area contributed by atoms with E-state index in [4.69, 9.17) is 5.73 Å². The molecule has 1 aromatic heterocycles. The molecule has 0 saturated heterocycles. The van der Waals surface area contributed by atoms with Crippen LogP contribution >= 0.6 is 11.3 Å². The lowest BCUT2D eigenvalue weighted by molar-refractivity contribution is 0.220. The third-order valence-electron chi connectivity index (χ3n) is 2.31. The van der Waals surface area contributed by atoms with E-state index in [-0.39, 0.29) is 5.54 Å². The first-order chi connectivity index (χ1) is 5.92. The molecule has 1 saturated carbocycles. The van der Waals surface area contributed by atoms with Crippen LogP contribution in [0.15, 0.2) is 5.38 Å². The maximum Gasteiger partial charge on any atom is 0.156 e. The average Bonchev–Trinajstić information content (AvgIpc) is 2.60. The SMILES string of the molecule is CC(C)(F)c1nc(C2(N)CC2)cs1. The van der Waals surface area contributed by atoms with Crippen LogP contribution < -0.4 is 5.73 Å². The summed E-state index contributed by atoms with van der Waals surface area (Å²) in [5.74, 6) is 0. The van der Waals surface area contributed by atoms with E-state index in [1.807, 2.05) is 5.38 Å². The minimum absolute atomic E-state index is 0.236. The standard InChI is InChI=1S/C9H13FN2S/c1-8(2,10)7-12-6(5-13-7)9(11)3-4-9/h5H,3-4,11H2,1-2H3. The van der Waals surface area contributed by atoms with Gasteiger partial charge in [0.2, 0.25) is 0 Å². The average molecular weight is 200 g/mol. The molecule has 1 heterocycles. The number of nitrogens with zero attached hydrogens (tertiary/aromatic N) is 1. The first-order valence-corrected chi connectivity index (χ1v) is 5.24. The predicted octanol–water partition coefficient (Wildman–Crippen LogP) is 2.30. The number of alkyl halides is 1. The van der Waals surface area contributed by atoms with Crippen molar-refractivity contribution in [3.63, 3.8) is 0 Å². The smallest absolute Gasteiger partial charge is 0.156 e. The van der Waals surface area contributed by atoms with E-state index >= 15 is 0 Å². The topological polar surface area (TPSA) is 38.9 Å². The Labute approximate surface area is 81.0 Å². The molecule has 13 heavy (non-hydrogen) atoms. The minimum Gasteiger partial charge on any atom is -0.320 e. The molecule has 0 spiro atoms. The van der Waals surface area contributed by atoms with Gasteiger partial charge in [0.05, 0.1) is 11.2 Å². The second-order valence-corrected chi connectivity index (χ2v) is 5.02. The molecule has 0 unspecified atom stereocenters. The molecule has 4 heteroatoms. The monoisotopic (exact) mass is 200 g/mol. The summed E-state index contributed by atoms with van der Waals surface area (Å²) in [4.78, 5) is 4.23. The summed E-state index contributed by atoms with van der Waals surface area (Å²) in [6.45, 7) is 3.04. The first-order valence-electron chi connectivity index (χ1n) is 4.36. The van der Waals surface area contributed by atoms with Gasteiger partial charge in [-0.15, -0.1) is 11.3 Å². The van der Waals surface area contributed by atoms with Crippen LogP contribution in [0.3, 0.4) is 0 Å². The minimum atomic E-state index is -1.34. The number of nitrogens with two attached hydrogens (primary N) is 1. The summed E-state index contributed by atoms with van der Waals surface area (Å²) in [6, 6.07) is 0. The van der Waals surface area contributed by atoms with Crippen LogP contribution in [-0.2, 0) is 11.2 Å². The normalized spacial score (nSPS) is 20.3. The largest absolute Gasteiger partial charge is 0.320 e. The Morgan fingerprint density at radius 2 is 2.23 bits per heavy atom. The quantitative estimate of drug-likeness (QED) is 0.795. The molecule has 0 atom stereocenters. The summed E-state index contributed by atoms with van der Waals surface area (Å²) < 4.78 is 13.5. The Morgan fingerprint density at radius 1 is 1.62 bits per heavy atom. The van der Waals surface area contributed by atoms with Crippen molar-refractivity contribution in [2.24, 2.45) is 5.73 Å². The molecule has 1 aliphatic rings. The second-order valence-electron chi connectivity index (χ2n) is 4.17. The molecule has 2 nitrogen and oxygen atoms in total. The van der Waals surface area contributed by atoms with Gasteiger partial charge in [0, 0.05) is 5.38 Å². The molecule has 1 aliphatic carbocycles. The lowest BCUT2D eigenvalue weighted by Gasteiger charge is -2.09. The van der Waals surface area contributed by atoms with Crippen molar-refractivity contribution in [3.05, 3.63) is 16.1 Å². The maximum atomic E-state index is 13.5. The second kappa shape index (κ2) is 2.51. The molecule has 0 aliphatic heterocycles. The zero-order chi connectivity index (χ0) is 9.69. The zero-order valence-corrected chi connectivity index (χ0v) is 8.62. The molecule has 72 valence electrons. The number of hydrogen-bond donors (Lipinski definition) is 1. The van der Waals surface area contributed by atoms with E-state index in [1.165, 1.54) is 25.2 Å². The number of aromatic nitrogens is 1. The lowest BCUT2D eigenvalue weighted by atomic mass is 10.2. The van der Waals surface area contributed by atoms with Gasteiger partial charge in [-0.3, -0.25) is 0 Å². The van der Waals surface area contributed by atoms with Crippen molar-refractivity contribution in [1.29, 1.82) is 0 Å². The summed E-state index contributed by atoms with van der Waals surface area (Å²) in [5.41, 5.74) is 5.23. The third kappa shape index (κ3) is 1.60. The van der Waals surface area contributed by atoms with Gasteiger partial charge in [-0.1, -0.05) is 0 Å². The van der Waals surface area contributed by atoms with Crippen molar-refractivity contribution in [1.82, 2.24) is 4.98 Å². The zero-order valence-electron chi connectivity index (χ0n) is 7.80. The van der Waals surface area contributed by atoms with Gasteiger partial charge < -0.3 is 5.73 Å². The Morgan fingerprint density at radius 3 is 2.62 bits per heavy atom. The van der Waals surface area contributed by atoms with Crippen LogP contribution in [0.25, 0.3) is 0 Å². The molecule has 0 radical (unpaired) electrons. The van der Waals surface area contributed by atoms with E-state index in [0.29, 0.717) is 5.01 Å².